The van der Waals surface area contributed by atoms with Gasteiger partial charge in [-0.2, -0.15) is 0 Å². The molecule has 3 aromatic rings. The van der Waals surface area contributed by atoms with Gasteiger partial charge in [-0.3, -0.25) is 0 Å². The van der Waals surface area contributed by atoms with E-state index in [0.29, 0.717) is 5.92 Å². The lowest BCUT2D eigenvalue weighted by Gasteiger charge is -2.30. The molecule has 2 N–H and O–H groups in total. The molecule has 0 amide bonds. The third-order valence-corrected chi connectivity index (χ3v) is 5.92. The van der Waals surface area contributed by atoms with Crippen LogP contribution in [0.3, 0.4) is 0 Å². The van der Waals surface area contributed by atoms with E-state index in [2.05, 4.69) is 47.6 Å². The smallest absolute Gasteiger partial charge is 0.126 e. The molecule has 1 aromatic heterocycles. The monoisotopic (exact) mass is 352 g/mol. The van der Waals surface area contributed by atoms with Crippen molar-refractivity contribution in [3.05, 3.63) is 63.8 Å². The van der Waals surface area contributed by atoms with Gasteiger partial charge in [0.1, 0.15) is 5.75 Å². The van der Waals surface area contributed by atoms with Gasteiger partial charge in [0.15, 0.2) is 0 Å². The molecule has 3 nitrogen and oxygen atoms in total. The molecule has 4 heteroatoms. The second-order valence-electron chi connectivity index (χ2n) is 7.11. The number of nitrogens with one attached hydrogen (secondary N) is 2. The zero-order valence-corrected chi connectivity index (χ0v) is 15.0. The lowest BCUT2D eigenvalue weighted by molar-refractivity contribution is 0.345. The minimum atomic E-state index is 0.255. The van der Waals surface area contributed by atoms with Crippen LogP contribution in [-0.4, -0.2) is 18.1 Å². The largest absolute Gasteiger partial charge is 0.493 e. The fraction of sp³-hybridized carbons (Fsp3) is 0.333. The molecule has 0 bridgehead atoms. The maximum atomic E-state index is 6.23. The summed E-state index contributed by atoms with van der Waals surface area (Å²) in [5, 5.41) is 5.78. The van der Waals surface area contributed by atoms with Crippen LogP contribution < -0.4 is 10.1 Å². The van der Waals surface area contributed by atoms with Gasteiger partial charge < -0.3 is 15.0 Å². The first-order valence-electron chi connectivity index (χ1n) is 9.00. The van der Waals surface area contributed by atoms with E-state index >= 15 is 0 Å². The average molecular weight is 353 g/mol. The van der Waals surface area contributed by atoms with Gasteiger partial charge in [-0.05, 0) is 47.9 Å². The van der Waals surface area contributed by atoms with Gasteiger partial charge in [-0.15, -0.1) is 0 Å². The average Bonchev–Trinajstić information content (AvgIpc) is 3.24. The van der Waals surface area contributed by atoms with Crippen molar-refractivity contribution < 1.29 is 4.74 Å². The molecular formula is C21H21ClN2O. The lowest BCUT2D eigenvalue weighted by atomic mass is 9.85. The van der Waals surface area contributed by atoms with Crippen LogP contribution in [0.5, 0.6) is 5.75 Å². The SMILES string of the molecule is CC(c1cccc2c1OCC2)C1NCCc2c1[nH]c1ccc(Cl)cc21. The Balaban J connectivity index is 1.61. The van der Waals surface area contributed by atoms with Crippen LogP contribution in [0.15, 0.2) is 36.4 Å². The number of fused-ring (bicyclic) bond motifs is 4. The highest BCUT2D eigenvalue weighted by molar-refractivity contribution is 6.31. The van der Waals surface area contributed by atoms with Crippen LogP contribution in [0.2, 0.25) is 5.02 Å². The Hall–Kier alpha value is -1.97. The predicted molar refractivity (Wildman–Crippen MR) is 102 cm³/mol. The first-order chi connectivity index (χ1) is 12.2. The van der Waals surface area contributed by atoms with Crippen LogP contribution in [0.1, 0.15) is 41.3 Å². The summed E-state index contributed by atoms with van der Waals surface area (Å²) < 4.78 is 5.95. The molecule has 2 aromatic carbocycles. The fourth-order valence-electron chi connectivity index (χ4n) is 4.44. The van der Waals surface area contributed by atoms with Gasteiger partial charge in [0.05, 0.1) is 12.6 Å². The first kappa shape index (κ1) is 15.3. The number of rotatable bonds is 2. The summed E-state index contributed by atoms with van der Waals surface area (Å²) in [4.78, 5) is 3.65. The van der Waals surface area contributed by atoms with Gasteiger partial charge in [0, 0.05) is 34.0 Å². The van der Waals surface area contributed by atoms with Crippen LogP contribution >= 0.6 is 11.6 Å². The molecule has 0 saturated carbocycles. The molecule has 25 heavy (non-hydrogen) atoms. The summed E-state index contributed by atoms with van der Waals surface area (Å²) in [6.07, 6.45) is 2.05. The lowest BCUT2D eigenvalue weighted by Crippen LogP contribution is -2.33. The summed E-state index contributed by atoms with van der Waals surface area (Å²) in [7, 11) is 0. The van der Waals surface area contributed by atoms with E-state index in [-0.39, 0.29) is 6.04 Å². The van der Waals surface area contributed by atoms with E-state index in [1.165, 1.54) is 33.3 Å². The molecule has 0 fully saturated rings. The van der Waals surface area contributed by atoms with Gasteiger partial charge >= 0.3 is 0 Å². The topological polar surface area (TPSA) is 37.0 Å². The van der Waals surface area contributed by atoms with E-state index in [4.69, 9.17) is 16.3 Å². The van der Waals surface area contributed by atoms with Crippen LogP contribution in [0.25, 0.3) is 10.9 Å². The van der Waals surface area contributed by atoms with Crippen LogP contribution in [-0.2, 0) is 12.8 Å². The summed E-state index contributed by atoms with van der Waals surface area (Å²) in [6.45, 7) is 4.08. The number of hydrogen-bond acceptors (Lipinski definition) is 2. The van der Waals surface area contributed by atoms with E-state index in [0.717, 1.165) is 36.8 Å². The van der Waals surface area contributed by atoms with Crippen molar-refractivity contribution in [1.82, 2.24) is 10.3 Å². The minimum absolute atomic E-state index is 0.255. The number of aromatic amines is 1. The molecule has 2 aliphatic heterocycles. The highest BCUT2D eigenvalue weighted by Gasteiger charge is 2.31. The van der Waals surface area contributed by atoms with Crippen molar-refractivity contribution in [2.75, 3.05) is 13.2 Å². The van der Waals surface area contributed by atoms with Crippen molar-refractivity contribution in [3.63, 3.8) is 0 Å². The molecular weight excluding hydrogens is 332 g/mol. The third-order valence-electron chi connectivity index (χ3n) is 5.69. The van der Waals surface area contributed by atoms with Gasteiger partial charge in [0.25, 0.3) is 0 Å². The Morgan fingerprint density at radius 1 is 1.20 bits per heavy atom. The molecule has 5 rings (SSSR count). The summed E-state index contributed by atoms with van der Waals surface area (Å²) in [6, 6.07) is 12.9. The molecule has 0 spiro atoms. The number of halogens is 1. The number of ether oxygens (including phenoxy) is 1. The summed E-state index contributed by atoms with van der Waals surface area (Å²) >= 11 is 6.23. The van der Waals surface area contributed by atoms with Gasteiger partial charge in [0.2, 0.25) is 0 Å². The first-order valence-corrected chi connectivity index (χ1v) is 9.38. The highest BCUT2D eigenvalue weighted by atomic mass is 35.5. The maximum Gasteiger partial charge on any atom is 0.126 e. The van der Waals surface area contributed by atoms with E-state index in [1.54, 1.807) is 0 Å². The second kappa shape index (κ2) is 5.79. The molecule has 3 heterocycles. The zero-order chi connectivity index (χ0) is 17.0. The molecule has 0 radical (unpaired) electrons. The van der Waals surface area contributed by atoms with E-state index in [9.17, 15) is 0 Å². The zero-order valence-electron chi connectivity index (χ0n) is 14.2. The fourth-order valence-corrected chi connectivity index (χ4v) is 4.61. The van der Waals surface area contributed by atoms with Crippen molar-refractivity contribution >= 4 is 22.5 Å². The number of benzene rings is 2. The van der Waals surface area contributed by atoms with Crippen LogP contribution in [0, 0.1) is 0 Å². The predicted octanol–water partition coefficient (Wildman–Crippen LogP) is 4.75. The molecule has 2 aliphatic rings. The summed E-state index contributed by atoms with van der Waals surface area (Å²) in [5.74, 6) is 1.43. The van der Waals surface area contributed by atoms with Gasteiger partial charge in [-0.25, -0.2) is 0 Å². The van der Waals surface area contributed by atoms with Crippen molar-refractivity contribution in [1.29, 1.82) is 0 Å². The Bertz CT molecular complexity index is 962. The van der Waals surface area contributed by atoms with Crippen molar-refractivity contribution in [2.24, 2.45) is 0 Å². The highest BCUT2D eigenvalue weighted by Crippen LogP contribution is 2.42. The number of H-pyrrole nitrogens is 1. The Morgan fingerprint density at radius 3 is 3.04 bits per heavy atom. The quantitative estimate of drug-likeness (QED) is 0.698. The molecule has 128 valence electrons. The normalized spacial score (nSPS) is 20.2. The minimum Gasteiger partial charge on any atom is -0.493 e. The van der Waals surface area contributed by atoms with Crippen LogP contribution in [0.4, 0.5) is 0 Å². The number of hydrogen-bond donors (Lipinski definition) is 2. The second-order valence-corrected chi connectivity index (χ2v) is 7.55. The maximum absolute atomic E-state index is 6.23. The molecule has 2 unspecified atom stereocenters. The molecule has 0 saturated heterocycles. The number of aromatic nitrogens is 1. The number of para-hydroxylation sites is 1. The third kappa shape index (κ3) is 2.37. The van der Waals surface area contributed by atoms with Crippen molar-refractivity contribution in [2.45, 2.75) is 31.7 Å². The molecule has 2 atom stereocenters. The van der Waals surface area contributed by atoms with E-state index in [1.807, 2.05) is 6.07 Å². The standard InChI is InChI=1S/C21H21ClN2O/c1-12(15-4-2-3-13-8-10-25-21(13)15)19-20-16(7-9-23-19)17-11-14(22)5-6-18(17)24-20/h2-6,11-12,19,23-24H,7-10H2,1H3. The Morgan fingerprint density at radius 2 is 2.12 bits per heavy atom. The van der Waals surface area contributed by atoms with E-state index < -0.39 is 0 Å². The Kier molecular flexibility index (Phi) is 3.54. The summed E-state index contributed by atoms with van der Waals surface area (Å²) in [5.41, 5.74) is 6.51. The Labute approximate surface area is 152 Å². The van der Waals surface area contributed by atoms with Crippen molar-refractivity contribution in [3.8, 4) is 5.75 Å². The molecule has 0 aliphatic carbocycles. The van der Waals surface area contributed by atoms with Gasteiger partial charge in [-0.1, -0.05) is 36.7 Å².